The van der Waals surface area contributed by atoms with Gasteiger partial charge in [-0.1, -0.05) is 13.8 Å². The Labute approximate surface area is 227 Å². The molecule has 0 saturated carbocycles. The van der Waals surface area contributed by atoms with E-state index in [4.69, 9.17) is 14.2 Å². The number of hydrogen-bond donors (Lipinski definition) is 2. The van der Waals surface area contributed by atoms with Gasteiger partial charge < -0.3 is 24.6 Å². The Bertz CT molecular complexity index is 991. The average Bonchev–Trinajstić information content (AvgIpc) is 2.74. The van der Waals surface area contributed by atoms with Gasteiger partial charge in [-0.15, -0.1) is 0 Å². The standard InChI is InChI=1S/C27H40F4N2O6/c1-15-23(38-14-26(6,7)27(8,30)31)37-13-21(33(15)24(36)39-25(3,4)5)22(35)20(32-16(2)34)11-17-9-18(28)12-19(29)10-17/h9-10,12,15,20-23,35H,11,13-14H2,1-8H3,(H,32,34)/t15-,20-,21+,22-,23-/m0/s1. The van der Waals surface area contributed by atoms with Gasteiger partial charge in [-0.25, -0.2) is 22.4 Å². The molecule has 2 amide bonds. The molecule has 0 aliphatic carbocycles. The Morgan fingerprint density at radius 1 is 1.13 bits per heavy atom. The van der Waals surface area contributed by atoms with E-state index in [0.29, 0.717) is 6.07 Å². The average molecular weight is 565 g/mol. The fraction of sp³-hybridized carbons (Fsp3) is 0.704. The second-order valence-corrected chi connectivity index (χ2v) is 11.8. The van der Waals surface area contributed by atoms with Gasteiger partial charge in [0.25, 0.3) is 5.92 Å². The number of carbonyl (C=O) groups is 2. The first kappa shape index (κ1) is 32.8. The van der Waals surface area contributed by atoms with Crippen LogP contribution in [0, 0.1) is 17.0 Å². The van der Waals surface area contributed by atoms with E-state index in [-0.39, 0.29) is 25.2 Å². The zero-order valence-corrected chi connectivity index (χ0v) is 23.7. The van der Waals surface area contributed by atoms with Crippen LogP contribution in [0.15, 0.2) is 18.2 Å². The number of rotatable bonds is 9. The fourth-order valence-electron chi connectivity index (χ4n) is 4.10. The third kappa shape index (κ3) is 9.04. The number of nitrogens with zero attached hydrogens (tertiary/aromatic N) is 1. The van der Waals surface area contributed by atoms with E-state index in [1.165, 1.54) is 25.7 Å². The topological polar surface area (TPSA) is 97.3 Å². The Morgan fingerprint density at radius 2 is 1.69 bits per heavy atom. The minimum absolute atomic E-state index is 0.165. The molecule has 0 radical (unpaired) electrons. The van der Waals surface area contributed by atoms with Crippen LogP contribution in [0.3, 0.4) is 0 Å². The van der Waals surface area contributed by atoms with Gasteiger partial charge in [0.05, 0.1) is 42.9 Å². The molecule has 1 heterocycles. The molecule has 0 spiro atoms. The largest absolute Gasteiger partial charge is 0.444 e. The maximum Gasteiger partial charge on any atom is 0.411 e. The van der Waals surface area contributed by atoms with Gasteiger partial charge in [-0.3, -0.25) is 9.69 Å². The van der Waals surface area contributed by atoms with E-state index in [2.05, 4.69) is 5.32 Å². The first-order valence-corrected chi connectivity index (χ1v) is 12.7. The van der Waals surface area contributed by atoms with Gasteiger partial charge in [0.1, 0.15) is 17.2 Å². The van der Waals surface area contributed by atoms with Crippen LogP contribution in [0.1, 0.15) is 61.0 Å². The molecule has 1 aliphatic heterocycles. The summed E-state index contributed by atoms with van der Waals surface area (Å²) in [6, 6.07) is -0.227. The number of aliphatic hydroxyl groups excluding tert-OH is 1. The molecule has 8 nitrogen and oxygen atoms in total. The van der Waals surface area contributed by atoms with Gasteiger partial charge in [-0.05, 0) is 58.7 Å². The van der Waals surface area contributed by atoms with Crippen LogP contribution in [-0.2, 0) is 25.4 Å². The fourth-order valence-corrected chi connectivity index (χ4v) is 4.10. The number of halogens is 4. The number of carbonyl (C=O) groups excluding carboxylic acids is 2. The highest BCUT2D eigenvalue weighted by Gasteiger charge is 2.48. The summed E-state index contributed by atoms with van der Waals surface area (Å²) in [5.74, 6) is -5.23. The van der Waals surface area contributed by atoms with Gasteiger partial charge in [0.15, 0.2) is 6.29 Å². The van der Waals surface area contributed by atoms with Crippen LogP contribution in [0.2, 0.25) is 0 Å². The molecule has 1 aromatic carbocycles. The lowest BCUT2D eigenvalue weighted by atomic mass is 9.87. The van der Waals surface area contributed by atoms with Gasteiger partial charge in [-0.2, -0.15) is 0 Å². The van der Waals surface area contributed by atoms with Crippen molar-refractivity contribution in [1.82, 2.24) is 10.2 Å². The summed E-state index contributed by atoms with van der Waals surface area (Å²) in [6.45, 7) is 10.5. The number of aliphatic hydroxyl groups is 1. The molecule has 0 aromatic heterocycles. The number of nitrogens with one attached hydrogen (secondary N) is 1. The van der Waals surface area contributed by atoms with E-state index < -0.39 is 71.1 Å². The maximum atomic E-state index is 14.0. The van der Waals surface area contributed by atoms with Crippen LogP contribution in [0.4, 0.5) is 22.4 Å². The van der Waals surface area contributed by atoms with Crippen LogP contribution in [0.25, 0.3) is 0 Å². The lowest BCUT2D eigenvalue weighted by Gasteiger charge is -2.47. The SMILES string of the molecule is CC(=O)N[C@@H](Cc1cc(F)cc(F)c1)[C@H](O)[C@H]1CO[C@@H](OCC(C)(C)C(C)(F)F)[C@H](C)N1C(=O)OC(C)(C)C. The highest BCUT2D eigenvalue weighted by Crippen LogP contribution is 2.37. The molecule has 5 atom stereocenters. The number of hydrogen-bond acceptors (Lipinski definition) is 6. The van der Waals surface area contributed by atoms with Crippen LogP contribution < -0.4 is 5.32 Å². The van der Waals surface area contributed by atoms with Gasteiger partial charge in [0, 0.05) is 13.0 Å². The van der Waals surface area contributed by atoms with Gasteiger partial charge >= 0.3 is 6.09 Å². The molecule has 1 aromatic rings. The minimum Gasteiger partial charge on any atom is -0.444 e. The van der Waals surface area contributed by atoms with E-state index in [0.717, 1.165) is 19.1 Å². The lowest BCUT2D eigenvalue weighted by molar-refractivity contribution is -0.246. The maximum absolute atomic E-state index is 14.0. The first-order chi connectivity index (χ1) is 17.7. The predicted molar refractivity (Wildman–Crippen MR) is 135 cm³/mol. The lowest BCUT2D eigenvalue weighted by Crippen LogP contribution is -2.66. The second kappa shape index (κ2) is 12.4. The molecule has 0 bridgehead atoms. The highest BCUT2D eigenvalue weighted by atomic mass is 19.3. The molecule has 1 aliphatic rings. The number of ether oxygens (including phenoxy) is 3. The van der Waals surface area contributed by atoms with Crippen molar-refractivity contribution in [2.75, 3.05) is 13.2 Å². The van der Waals surface area contributed by atoms with Crippen molar-refractivity contribution in [3.63, 3.8) is 0 Å². The Morgan fingerprint density at radius 3 is 2.18 bits per heavy atom. The first-order valence-electron chi connectivity index (χ1n) is 12.7. The van der Waals surface area contributed by atoms with Crippen LogP contribution in [-0.4, -0.2) is 77.3 Å². The predicted octanol–water partition coefficient (Wildman–Crippen LogP) is 4.42. The third-order valence-electron chi connectivity index (χ3n) is 6.60. The van der Waals surface area contributed by atoms with Crippen molar-refractivity contribution < 1.29 is 46.5 Å². The Balaban J connectivity index is 2.37. The molecule has 1 saturated heterocycles. The van der Waals surface area contributed by atoms with Crippen molar-refractivity contribution >= 4 is 12.0 Å². The summed E-state index contributed by atoms with van der Waals surface area (Å²) >= 11 is 0. The zero-order chi connectivity index (χ0) is 29.9. The van der Waals surface area contributed by atoms with Crippen LogP contribution in [0.5, 0.6) is 0 Å². The second-order valence-electron chi connectivity index (χ2n) is 11.8. The summed E-state index contributed by atoms with van der Waals surface area (Å²) < 4.78 is 72.6. The van der Waals surface area contributed by atoms with E-state index in [1.54, 1.807) is 27.7 Å². The number of alkyl halides is 2. The zero-order valence-electron chi connectivity index (χ0n) is 23.7. The molecule has 0 unspecified atom stereocenters. The summed E-state index contributed by atoms with van der Waals surface area (Å²) in [6.07, 6.45) is -3.59. The number of morpholine rings is 1. The molecule has 222 valence electrons. The normalized spacial score (nSPS) is 22.3. The van der Waals surface area contributed by atoms with Gasteiger partial charge in [0.2, 0.25) is 5.91 Å². The Kier molecular flexibility index (Phi) is 10.4. The summed E-state index contributed by atoms with van der Waals surface area (Å²) in [4.78, 5) is 26.5. The van der Waals surface area contributed by atoms with Crippen LogP contribution >= 0.6 is 0 Å². The van der Waals surface area contributed by atoms with Crippen molar-refractivity contribution in [2.24, 2.45) is 5.41 Å². The van der Waals surface area contributed by atoms with Crippen molar-refractivity contribution in [3.8, 4) is 0 Å². The third-order valence-corrected chi connectivity index (χ3v) is 6.60. The molecule has 2 N–H and O–H groups in total. The molecule has 39 heavy (non-hydrogen) atoms. The van der Waals surface area contributed by atoms with Crippen molar-refractivity contribution in [3.05, 3.63) is 35.4 Å². The summed E-state index contributed by atoms with van der Waals surface area (Å²) in [5.41, 5.74) is -2.29. The highest BCUT2D eigenvalue weighted by molar-refractivity contribution is 5.73. The van der Waals surface area contributed by atoms with E-state index in [1.807, 2.05) is 0 Å². The molecular weight excluding hydrogens is 524 g/mol. The number of amides is 2. The van der Waals surface area contributed by atoms with Crippen molar-refractivity contribution in [2.45, 2.75) is 104 Å². The van der Waals surface area contributed by atoms with Crippen molar-refractivity contribution in [1.29, 1.82) is 0 Å². The molecule has 12 heteroatoms. The summed E-state index contributed by atoms with van der Waals surface area (Å²) in [5, 5.41) is 14.0. The molecule has 2 rings (SSSR count). The minimum atomic E-state index is -3.06. The number of benzene rings is 1. The molecular formula is C27H40F4N2O6. The van der Waals surface area contributed by atoms with E-state index >= 15 is 0 Å². The monoisotopic (exact) mass is 564 g/mol. The Hall–Kier alpha value is -2.44. The smallest absolute Gasteiger partial charge is 0.411 e. The van der Waals surface area contributed by atoms with E-state index in [9.17, 15) is 32.3 Å². The summed E-state index contributed by atoms with van der Waals surface area (Å²) in [7, 11) is 0. The molecule has 1 fully saturated rings. The quantitative estimate of drug-likeness (QED) is 0.431.